The summed E-state index contributed by atoms with van der Waals surface area (Å²) in [7, 11) is 0. The van der Waals surface area contributed by atoms with Crippen LogP contribution in [0.5, 0.6) is 0 Å². The minimum atomic E-state index is 0.633. The molecular formula is C11H21N. The molecule has 1 N–H and O–H groups in total. The van der Waals surface area contributed by atoms with E-state index in [0.29, 0.717) is 5.41 Å². The van der Waals surface area contributed by atoms with Gasteiger partial charge in [0.15, 0.2) is 0 Å². The first-order valence-corrected chi connectivity index (χ1v) is 5.33. The Kier molecular flexibility index (Phi) is 1.95. The minimum Gasteiger partial charge on any atom is -0.316 e. The predicted molar refractivity (Wildman–Crippen MR) is 52.0 cm³/mol. The summed E-state index contributed by atoms with van der Waals surface area (Å²) in [5.74, 6) is 2.79. The third kappa shape index (κ3) is 1.10. The highest BCUT2D eigenvalue weighted by atomic mass is 14.9. The zero-order chi connectivity index (χ0) is 8.77. The molecule has 3 unspecified atom stereocenters. The molecule has 2 rings (SSSR count). The van der Waals surface area contributed by atoms with Gasteiger partial charge in [0.2, 0.25) is 0 Å². The first kappa shape index (κ1) is 8.55. The molecule has 2 fully saturated rings. The van der Waals surface area contributed by atoms with Gasteiger partial charge in [0.05, 0.1) is 0 Å². The summed E-state index contributed by atoms with van der Waals surface area (Å²) in [6.45, 7) is 9.82. The normalized spacial score (nSPS) is 47.0. The number of rotatable bonds is 1. The molecule has 1 saturated heterocycles. The van der Waals surface area contributed by atoms with E-state index < -0.39 is 0 Å². The Bertz CT molecular complexity index is 176. The van der Waals surface area contributed by atoms with E-state index in [9.17, 15) is 0 Å². The zero-order valence-electron chi connectivity index (χ0n) is 8.56. The highest BCUT2D eigenvalue weighted by molar-refractivity contribution is 4.98. The SMILES string of the molecule is CC(C)C1(C)CC2CNCC1C2. The van der Waals surface area contributed by atoms with Crippen molar-refractivity contribution in [1.82, 2.24) is 5.32 Å². The molecule has 1 aliphatic carbocycles. The van der Waals surface area contributed by atoms with Crippen molar-refractivity contribution in [2.75, 3.05) is 13.1 Å². The molecule has 0 aromatic heterocycles. The number of fused-ring (bicyclic) bond motifs is 2. The fourth-order valence-electron chi connectivity index (χ4n) is 3.18. The summed E-state index contributed by atoms with van der Waals surface area (Å²) in [5.41, 5.74) is 0.633. The van der Waals surface area contributed by atoms with Crippen LogP contribution in [0.25, 0.3) is 0 Å². The van der Waals surface area contributed by atoms with Crippen molar-refractivity contribution in [1.29, 1.82) is 0 Å². The third-order valence-electron chi connectivity index (χ3n) is 4.42. The van der Waals surface area contributed by atoms with Crippen LogP contribution in [0, 0.1) is 23.2 Å². The monoisotopic (exact) mass is 167 g/mol. The summed E-state index contributed by atoms with van der Waals surface area (Å²) < 4.78 is 0. The Morgan fingerprint density at radius 1 is 1.33 bits per heavy atom. The summed E-state index contributed by atoms with van der Waals surface area (Å²) in [5, 5.41) is 3.56. The van der Waals surface area contributed by atoms with Gasteiger partial charge in [-0.15, -0.1) is 0 Å². The molecule has 0 radical (unpaired) electrons. The maximum atomic E-state index is 3.56. The van der Waals surface area contributed by atoms with Crippen molar-refractivity contribution < 1.29 is 0 Å². The zero-order valence-corrected chi connectivity index (χ0v) is 8.56. The van der Waals surface area contributed by atoms with Crippen molar-refractivity contribution in [2.24, 2.45) is 23.2 Å². The van der Waals surface area contributed by atoms with E-state index in [1.807, 2.05) is 0 Å². The Hall–Kier alpha value is -0.0400. The molecular weight excluding hydrogens is 146 g/mol. The first-order valence-electron chi connectivity index (χ1n) is 5.33. The number of nitrogens with one attached hydrogen (secondary N) is 1. The van der Waals surface area contributed by atoms with Crippen LogP contribution in [0.4, 0.5) is 0 Å². The Morgan fingerprint density at radius 2 is 2.08 bits per heavy atom. The molecule has 0 aromatic rings. The molecule has 2 aliphatic rings. The van der Waals surface area contributed by atoms with Crippen molar-refractivity contribution in [2.45, 2.75) is 33.6 Å². The largest absolute Gasteiger partial charge is 0.316 e. The van der Waals surface area contributed by atoms with Crippen molar-refractivity contribution >= 4 is 0 Å². The van der Waals surface area contributed by atoms with Crippen LogP contribution >= 0.6 is 0 Å². The van der Waals surface area contributed by atoms with E-state index >= 15 is 0 Å². The average Bonchev–Trinajstić information content (AvgIpc) is 2.25. The van der Waals surface area contributed by atoms with E-state index in [-0.39, 0.29) is 0 Å². The van der Waals surface area contributed by atoms with Crippen LogP contribution in [-0.2, 0) is 0 Å². The van der Waals surface area contributed by atoms with E-state index in [2.05, 4.69) is 26.1 Å². The van der Waals surface area contributed by atoms with Gasteiger partial charge in [-0.05, 0) is 49.1 Å². The summed E-state index contributed by atoms with van der Waals surface area (Å²) >= 11 is 0. The molecule has 1 aliphatic heterocycles. The molecule has 2 bridgehead atoms. The average molecular weight is 167 g/mol. The van der Waals surface area contributed by atoms with Gasteiger partial charge in [-0.2, -0.15) is 0 Å². The van der Waals surface area contributed by atoms with Crippen molar-refractivity contribution in [3.8, 4) is 0 Å². The Labute approximate surface area is 75.9 Å². The number of piperidine rings is 1. The Morgan fingerprint density at radius 3 is 2.67 bits per heavy atom. The molecule has 0 spiro atoms. The summed E-state index contributed by atoms with van der Waals surface area (Å²) in [4.78, 5) is 0. The molecule has 0 amide bonds. The third-order valence-corrected chi connectivity index (χ3v) is 4.42. The second-order valence-corrected chi connectivity index (χ2v) is 5.32. The highest BCUT2D eigenvalue weighted by Crippen LogP contribution is 2.51. The van der Waals surface area contributed by atoms with E-state index in [4.69, 9.17) is 0 Å². The predicted octanol–water partition coefficient (Wildman–Crippen LogP) is 2.28. The van der Waals surface area contributed by atoms with E-state index in [1.54, 1.807) is 0 Å². The molecule has 70 valence electrons. The molecule has 1 heterocycles. The second kappa shape index (κ2) is 2.73. The summed E-state index contributed by atoms with van der Waals surface area (Å²) in [6, 6.07) is 0. The lowest BCUT2D eigenvalue weighted by atomic mass is 9.71. The van der Waals surface area contributed by atoms with Crippen LogP contribution in [0.3, 0.4) is 0 Å². The molecule has 1 heteroatoms. The lowest BCUT2D eigenvalue weighted by Gasteiger charge is -2.35. The van der Waals surface area contributed by atoms with Gasteiger partial charge in [-0.3, -0.25) is 0 Å². The lowest BCUT2D eigenvalue weighted by Crippen LogP contribution is -2.36. The smallest absolute Gasteiger partial charge is 0.00150 e. The van der Waals surface area contributed by atoms with Crippen molar-refractivity contribution in [3.05, 3.63) is 0 Å². The van der Waals surface area contributed by atoms with Crippen LogP contribution in [0.15, 0.2) is 0 Å². The first-order chi connectivity index (χ1) is 5.63. The van der Waals surface area contributed by atoms with Gasteiger partial charge >= 0.3 is 0 Å². The standard InChI is InChI=1S/C11H21N/c1-8(2)11(3)5-9-4-10(11)7-12-6-9/h8-10,12H,4-7H2,1-3H3. The summed E-state index contributed by atoms with van der Waals surface area (Å²) in [6.07, 6.45) is 2.95. The Balaban J connectivity index is 2.17. The van der Waals surface area contributed by atoms with Gasteiger partial charge in [0, 0.05) is 0 Å². The maximum absolute atomic E-state index is 3.56. The number of hydrogen-bond donors (Lipinski definition) is 1. The van der Waals surface area contributed by atoms with Gasteiger partial charge in [0.25, 0.3) is 0 Å². The molecule has 1 nitrogen and oxygen atoms in total. The van der Waals surface area contributed by atoms with Crippen LogP contribution in [-0.4, -0.2) is 13.1 Å². The van der Waals surface area contributed by atoms with Gasteiger partial charge in [0.1, 0.15) is 0 Å². The topological polar surface area (TPSA) is 12.0 Å². The number of hydrogen-bond acceptors (Lipinski definition) is 1. The molecule has 12 heavy (non-hydrogen) atoms. The minimum absolute atomic E-state index is 0.633. The van der Waals surface area contributed by atoms with Gasteiger partial charge in [-0.1, -0.05) is 20.8 Å². The van der Waals surface area contributed by atoms with E-state index in [0.717, 1.165) is 17.8 Å². The quantitative estimate of drug-likeness (QED) is 0.632. The van der Waals surface area contributed by atoms with Crippen LogP contribution < -0.4 is 5.32 Å². The lowest BCUT2D eigenvalue weighted by molar-refractivity contribution is 0.150. The highest BCUT2D eigenvalue weighted by Gasteiger charge is 2.46. The van der Waals surface area contributed by atoms with Gasteiger partial charge in [-0.25, -0.2) is 0 Å². The molecule has 1 saturated carbocycles. The fraction of sp³-hybridized carbons (Fsp3) is 1.00. The van der Waals surface area contributed by atoms with Gasteiger partial charge < -0.3 is 5.32 Å². The molecule has 3 atom stereocenters. The van der Waals surface area contributed by atoms with Crippen molar-refractivity contribution in [3.63, 3.8) is 0 Å². The van der Waals surface area contributed by atoms with Crippen LogP contribution in [0.1, 0.15) is 33.6 Å². The fourth-order valence-corrected chi connectivity index (χ4v) is 3.18. The molecule has 0 aromatic carbocycles. The maximum Gasteiger partial charge on any atom is -0.00150 e. The van der Waals surface area contributed by atoms with Crippen LogP contribution in [0.2, 0.25) is 0 Å². The second-order valence-electron chi connectivity index (χ2n) is 5.32. The van der Waals surface area contributed by atoms with E-state index in [1.165, 1.54) is 25.9 Å².